The Morgan fingerprint density at radius 1 is 0.950 bits per heavy atom. The monoisotopic (exact) mass is 545 g/mol. The van der Waals surface area contributed by atoms with Gasteiger partial charge in [0.1, 0.15) is 11.7 Å². The van der Waals surface area contributed by atoms with Crippen LogP contribution in [0.2, 0.25) is 0 Å². The number of amides is 2. The number of nitrogens with one attached hydrogen (secondary N) is 3. The molecule has 0 spiro atoms. The fraction of sp³-hybridized carbons (Fsp3) is 0.500. The van der Waals surface area contributed by atoms with Gasteiger partial charge >= 0.3 is 5.97 Å². The number of carboxylic acid groups (broad SMARTS) is 1. The van der Waals surface area contributed by atoms with Crippen LogP contribution in [-0.2, 0) is 4.79 Å². The van der Waals surface area contributed by atoms with E-state index in [4.69, 9.17) is 4.42 Å². The van der Waals surface area contributed by atoms with E-state index in [2.05, 4.69) is 25.8 Å². The van der Waals surface area contributed by atoms with Crippen molar-refractivity contribution in [2.24, 2.45) is 17.8 Å². The van der Waals surface area contributed by atoms with Crippen molar-refractivity contribution < 1.29 is 23.9 Å². The summed E-state index contributed by atoms with van der Waals surface area (Å²) in [6, 6.07) is 8.35. The fourth-order valence-corrected chi connectivity index (χ4v) is 5.88. The number of rotatable bonds is 11. The third kappa shape index (κ3) is 6.11. The summed E-state index contributed by atoms with van der Waals surface area (Å²) in [7, 11) is 0. The van der Waals surface area contributed by atoms with Crippen molar-refractivity contribution in [1.82, 2.24) is 25.8 Å². The number of oxazole rings is 1. The van der Waals surface area contributed by atoms with Crippen LogP contribution in [0, 0.1) is 17.8 Å². The first kappa shape index (κ1) is 26.3. The van der Waals surface area contributed by atoms with Gasteiger partial charge in [-0.3, -0.25) is 14.7 Å². The number of aliphatic carboxylic acids is 1. The van der Waals surface area contributed by atoms with Crippen LogP contribution in [0.5, 0.6) is 0 Å². The number of benzene rings is 1. The molecule has 2 amide bonds. The molecule has 1 atom stereocenters. The first-order valence-corrected chi connectivity index (χ1v) is 14.4. The zero-order valence-corrected chi connectivity index (χ0v) is 22.4. The van der Waals surface area contributed by atoms with E-state index < -0.39 is 17.9 Å². The van der Waals surface area contributed by atoms with Crippen LogP contribution in [0.3, 0.4) is 0 Å². The summed E-state index contributed by atoms with van der Waals surface area (Å²) in [6.07, 6.45) is 11.8. The standard InChI is InChI=1S/C30H35N5O5/c36-27(33-26(18-9-10-18)19-11-12-19)23-15-22(34-35-23)20-7-4-8-21(14-20)29-31-16-25(40-29)28(37)32-24(30(38)39)13-17-5-2-1-3-6-17/h4,7-8,14-19,24,26H,1-3,5-6,9-13H2,(H,32,37)(H,33,36)(H,34,35)(H,38,39). The molecular weight excluding hydrogens is 510 g/mol. The van der Waals surface area contributed by atoms with E-state index >= 15 is 0 Å². The Kier molecular flexibility index (Phi) is 7.40. The average Bonchev–Trinajstić information content (AvgIpc) is 3.89. The minimum atomic E-state index is -1.05. The number of H-pyrrole nitrogens is 1. The average molecular weight is 546 g/mol. The zero-order chi connectivity index (χ0) is 27.6. The molecule has 210 valence electrons. The highest BCUT2D eigenvalue weighted by molar-refractivity contribution is 5.95. The number of carbonyl (C=O) groups excluding carboxylic acids is 2. The molecule has 2 heterocycles. The first-order valence-electron chi connectivity index (χ1n) is 14.4. The number of aromatic amines is 1. The second kappa shape index (κ2) is 11.3. The van der Waals surface area contributed by atoms with Gasteiger partial charge in [0.2, 0.25) is 11.7 Å². The van der Waals surface area contributed by atoms with Crippen LogP contribution in [0.4, 0.5) is 0 Å². The number of hydrogen-bond donors (Lipinski definition) is 4. The van der Waals surface area contributed by atoms with Crippen molar-refractivity contribution in [2.45, 2.75) is 76.3 Å². The first-order chi connectivity index (χ1) is 19.4. The van der Waals surface area contributed by atoms with Crippen molar-refractivity contribution in [3.05, 3.63) is 48.0 Å². The van der Waals surface area contributed by atoms with Gasteiger partial charge in [0.25, 0.3) is 11.8 Å². The van der Waals surface area contributed by atoms with Crippen LogP contribution in [0.1, 0.15) is 85.3 Å². The Labute approximate surface area is 232 Å². The maximum absolute atomic E-state index is 12.9. The Bertz CT molecular complexity index is 1370. The summed E-state index contributed by atoms with van der Waals surface area (Å²) in [5.74, 6) is -0.0812. The highest BCUT2D eigenvalue weighted by Crippen LogP contribution is 2.44. The van der Waals surface area contributed by atoms with Crippen molar-refractivity contribution in [2.75, 3.05) is 0 Å². The molecule has 40 heavy (non-hydrogen) atoms. The molecular formula is C30H35N5O5. The lowest BCUT2D eigenvalue weighted by atomic mass is 9.85. The van der Waals surface area contributed by atoms with Gasteiger partial charge in [-0.25, -0.2) is 9.78 Å². The van der Waals surface area contributed by atoms with E-state index in [1.54, 1.807) is 12.1 Å². The summed E-state index contributed by atoms with van der Waals surface area (Å²) in [6.45, 7) is 0. The number of hydrogen-bond acceptors (Lipinski definition) is 6. The van der Waals surface area contributed by atoms with Crippen molar-refractivity contribution in [1.29, 1.82) is 0 Å². The third-order valence-electron chi connectivity index (χ3n) is 8.41. The highest BCUT2D eigenvalue weighted by Gasteiger charge is 2.42. The quantitative estimate of drug-likeness (QED) is 0.270. The second-order valence-electron chi connectivity index (χ2n) is 11.6. The molecule has 0 aliphatic heterocycles. The van der Waals surface area contributed by atoms with Gasteiger partial charge in [-0.2, -0.15) is 5.10 Å². The molecule has 6 rings (SSSR count). The van der Waals surface area contributed by atoms with Gasteiger partial charge < -0.3 is 20.2 Å². The molecule has 3 aliphatic carbocycles. The maximum Gasteiger partial charge on any atom is 0.326 e. The van der Waals surface area contributed by atoms with Crippen LogP contribution in [0.25, 0.3) is 22.7 Å². The molecule has 0 bridgehead atoms. The molecule has 3 aromatic rings. The summed E-state index contributed by atoms with van der Waals surface area (Å²) in [5, 5.41) is 22.7. The highest BCUT2D eigenvalue weighted by atomic mass is 16.4. The molecule has 1 unspecified atom stereocenters. The van der Waals surface area contributed by atoms with Crippen LogP contribution >= 0.6 is 0 Å². The normalized spacial score (nSPS) is 18.4. The topological polar surface area (TPSA) is 150 Å². The number of aromatic nitrogens is 3. The Morgan fingerprint density at radius 2 is 1.68 bits per heavy atom. The molecule has 0 radical (unpaired) electrons. The lowest BCUT2D eigenvalue weighted by Crippen LogP contribution is -2.42. The molecule has 4 N–H and O–H groups in total. The largest absolute Gasteiger partial charge is 0.480 e. The van der Waals surface area contributed by atoms with E-state index in [9.17, 15) is 19.5 Å². The lowest BCUT2D eigenvalue weighted by molar-refractivity contribution is -0.139. The Hall–Kier alpha value is -3.95. The van der Waals surface area contributed by atoms with E-state index in [0.717, 1.165) is 31.2 Å². The van der Waals surface area contributed by atoms with E-state index in [-0.39, 0.29) is 23.6 Å². The minimum Gasteiger partial charge on any atom is -0.480 e. The van der Waals surface area contributed by atoms with Gasteiger partial charge in [-0.15, -0.1) is 0 Å². The summed E-state index contributed by atoms with van der Waals surface area (Å²) < 4.78 is 5.73. The molecule has 1 aromatic carbocycles. The van der Waals surface area contributed by atoms with Gasteiger partial charge in [-0.1, -0.05) is 44.2 Å². The number of nitrogens with zero attached hydrogens (tertiary/aromatic N) is 2. The third-order valence-corrected chi connectivity index (χ3v) is 8.41. The lowest BCUT2D eigenvalue weighted by Gasteiger charge is -2.24. The predicted octanol–water partition coefficient (Wildman–Crippen LogP) is 4.80. The van der Waals surface area contributed by atoms with E-state index in [1.807, 2.05) is 18.2 Å². The molecule has 2 aromatic heterocycles. The van der Waals surface area contributed by atoms with Crippen LogP contribution < -0.4 is 10.6 Å². The second-order valence-corrected chi connectivity index (χ2v) is 11.6. The van der Waals surface area contributed by atoms with Crippen molar-refractivity contribution in [3.63, 3.8) is 0 Å². The fourth-order valence-electron chi connectivity index (χ4n) is 5.88. The van der Waals surface area contributed by atoms with Gasteiger partial charge in [0.15, 0.2) is 0 Å². The molecule has 0 saturated heterocycles. The van der Waals surface area contributed by atoms with Gasteiger partial charge in [0.05, 0.1) is 11.9 Å². The molecule has 10 nitrogen and oxygen atoms in total. The summed E-state index contributed by atoms with van der Waals surface area (Å²) in [4.78, 5) is 41.7. The SMILES string of the molecule is O=C(NC(C1CC1)C1CC1)c1cc(-c2cccc(-c3ncc(C(=O)NC(CC4CCCCC4)C(=O)O)o3)c2)n[nH]1. The van der Waals surface area contributed by atoms with Crippen LogP contribution in [0.15, 0.2) is 40.9 Å². The van der Waals surface area contributed by atoms with E-state index in [1.165, 1.54) is 38.3 Å². The maximum atomic E-state index is 12.9. The smallest absolute Gasteiger partial charge is 0.326 e. The summed E-state index contributed by atoms with van der Waals surface area (Å²) >= 11 is 0. The Morgan fingerprint density at radius 3 is 2.38 bits per heavy atom. The predicted molar refractivity (Wildman–Crippen MR) is 146 cm³/mol. The number of carboxylic acids is 1. The minimum absolute atomic E-state index is 0.0464. The summed E-state index contributed by atoms with van der Waals surface area (Å²) in [5.41, 5.74) is 2.42. The van der Waals surface area contributed by atoms with Crippen molar-refractivity contribution in [3.8, 4) is 22.7 Å². The van der Waals surface area contributed by atoms with Crippen LogP contribution in [-0.4, -0.2) is 50.2 Å². The Balaban J connectivity index is 1.11. The molecule has 10 heteroatoms. The van der Waals surface area contributed by atoms with Crippen molar-refractivity contribution >= 4 is 17.8 Å². The van der Waals surface area contributed by atoms with Gasteiger partial charge in [-0.05, 0) is 68.1 Å². The molecule has 3 fully saturated rings. The van der Waals surface area contributed by atoms with E-state index in [0.29, 0.717) is 41.1 Å². The molecule has 3 aliphatic rings. The number of carbonyl (C=O) groups is 3. The molecule has 3 saturated carbocycles. The zero-order valence-electron chi connectivity index (χ0n) is 22.4. The van der Waals surface area contributed by atoms with Gasteiger partial charge in [0, 0.05) is 17.2 Å².